The Labute approximate surface area is 138 Å². The number of aryl methyl sites for hydroxylation is 1. The van der Waals surface area contributed by atoms with Gasteiger partial charge in [0, 0.05) is 25.0 Å². The normalized spacial score (nSPS) is 11.7. The van der Waals surface area contributed by atoms with Crippen LogP contribution in [0.4, 0.5) is 0 Å². The number of benzene rings is 1. The molecule has 1 heterocycles. The summed E-state index contributed by atoms with van der Waals surface area (Å²) in [5.74, 6) is 0.668. The lowest BCUT2D eigenvalue weighted by Gasteiger charge is -2.08. The minimum absolute atomic E-state index is 0.252. The zero-order chi connectivity index (χ0) is 17.0. The second-order valence-electron chi connectivity index (χ2n) is 5.51. The predicted octanol–water partition coefficient (Wildman–Crippen LogP) is 2.56. The molecule has 126 valence electrons. The molecule has 0 atom stereocenters. The van der Waals surface area contributed by atoms with Gasteiger partial charge in [0.15, 0.2) is 0 Å². The molecule has 0 unspecified atom stereocenters. The van der Waals surface area contributed by atoms with Crippen LogP contribution >= 0.6 is 0 Å². The Morgan fingerprint density at radius 2 is 1.83 bits per heavy atom. The molecule has 0 saturated carbocycles. The maximum absolute atomic E-state index is 12.3. The summed E-state index contributed by atoms with van der Waals surface area (Å²) in [7, 11) is -1.48. The minimum Gasteiger partial charge on any atom is -0.494 e. The van der Waals surface area contributed by atoms with Gasteiger partial charge in [-0.3, -0.25) is 0 Å². The quantitative estimate of drug-likeness (QED) is 0.845. The number of sulfonamides is 1. The first kappa shape index (κ1) is 17.6. The Balaban J connectivity index is 1.99. The van der Waals surface area contributed by atoms with Crippen LogP contribution < -0.4 is 9.46 Å². The van der Waals surface area contributed by atoms with Gasteiger partial charge in [-0.2, -0.15) is 0 Å². The molecular weight excluding hydrogens is 312 g/mol. The highest BCUT2D eigenvalue weighted by Crippen LogP contribution is 2.16. The van der Waals surface area contributed by atoms with E-state index >= 15 is 0 Å². The molecule has 1 aromatic carbocycles. The van der Waals surface area contributed by atoms with Crippen molar-refractivity contribution in [2.75, 3.05) is 13.2 Å². The molecule has 1 aromatic heterocycles. The average Bonchev–Trinajstić information content (AvgIpc) is 2.75. The molecule has 2 aromatic rings. The van der Waals surface area contributed by atoms with Gasteiger partial charge in [0.1, 0.15) is 5.75 Å². The SMILES string of the molecule is CCOc1ccc(S(=O)(=O)NCCc2cc(C)n(C)c2C)cc1. The van der Waals surface area contributed by atoms with E-state index in [9.17, 15) is 8.42 Å². The second kappa shape index (κ2) is 7.19. The number of aromatic nitrogens is 1. The highest BCUT2D eigenvalue weighted by Gasteiger charge is 2.14. The van der Waals surface area contributed by atoms with Crippen LogP contribution in [0, 0.1) is 13.8 Å². The summed E-state index contributed by atoms with van der Waals surface area (Å²) in [5, 5.41) is 0. The van der Waals surface area contributed by atoms with E-state index in [1.807, 2.05) is 27.8 Å². The zero-order valence-corrected chi connectivity index (χ0v) is 14.9. The molecule has 0 aliphatic carbocycles. The fraction of sp³-hybridized carbons (Fsp3) is 0.412. The molecule has 0 amide bonds. The summed E-state index contributed by atoms with van der Waals surface area (Å²) in [6.07, 6.45) is 0.670. The molecule has 0 spiro atoms. The first-order chi connectivity index (χ1) is 10.8. The summed E-state index contributed by atoms with van der Waals surface area (Å²) in [6.45, 7) is 6.91. The topological polar surface area (TPSA) is 60.3 Å². The van der Waals surface area contributed by atoms with Crippen molar-refractivity contribution in [1.82, 2.24) is 9.29 Å². The standard InChI is InChI=1S/C17H24N2O3S/c1-5-22-16-6-8-17(9-7-16)23(20,21)18-11-10-15-12-13(2)19(4)14(15)3/h6-9,12,18H,5,10-11H2,1-4H3. The second-order valence-corrected chi connectivity index (χ2v) is 7.27. The fourth-order valence-electron chi connectivity index (χ4n) is 2.47. The van der Waals surface area contributed by atoms with Crippen LogP contribution in [-0.4, -0.2) is 26.1 Å². The Bertz CT molecular complexity index is 762. The van der Waals surface area contributed by atoms with Crippen molar-refractivity contribution < 1.29 is 13.2 Å². The minimum atomic E-state index is -3.49. The van der Waals surface area contributed by atoms with Crippen LogP contribution in [0.15, 0.2) is 35.2 Å². The van der Waals surface area contributed by atoms with E-state index in [2.05, 4.69) is 15.4 Å². The summed E-state index contributed by atoms with van der Waals surface area (Å²) < 4.78 is 34.7. The molecular formula is C17H24N2O3S. The van der Waals surface area contributed by atoms with Gasteiger partial charge in [0.2, 0.25) is 10.0 Å². The Morgan fingerprint density at radius 3 is 2.35 bits per heavy atom. The van der Waals surface area contributed by atoms with Crippen LogP contribution in [0.25, 0.3) is 0 Å². The molecule has 0 saturated heterocycles. The van der Waals surface area contributed by atoms with Gasteiger partial charge < -0.3 is 9.30 Å². The van der Waals surface area contributed by atoms with E-state index in [1.54, 1.807) is 24.3 Å². The van der Waals surface area contributed by atoms with Crippen molar-refractivity contribution in [1.29, 1.82) is 0 Å². The van der Waals surface area contributed by atoms with Crippen LogP contribution in [0.5, 0.6) is 5.75 Å². The molecule has 0 aliphatic rings. The van der Waals surface area contributed by atoms with Gasteiger partial charge in [0.05, 0.1) is 11.5 Å². The van der Waals surface area contributed by atoms with Crippen molar-refractivity contribution in [3.63, 3.8) is 0 Å². The van der Waals surface area contributed by atoms with Crippen molar-refractivity contribution in [3.05, 3.63) is 47.3 Å². The smallest absolute Gasteiger partial charge is 0.240 e. The summed E-state index contributed by atoms with van der Waals surface area (Å²) >= 11 is 0. The van der Waals surface area contributed by atoms with Gasteiger partial charge >= 0.3 is 0 Å². The number of ether oxygens (including phenoxy) is 1. The van der Waals surface area contributed by atoms with Crippen molar-refractivity contribution >= 4 is 10.0 Å². The molecule has 2 rings (SSSR count). The van der Waals surface area contributed by atoms with Crippen LogP contribution in [-0.2, 0) is 23.5 Å². The van der Waals surface area contributed by atoms with Crippen LogP contribution in [0.3, 0.4) is 0 Å². The molecule has 0 fully saturated rings. The third-order valence-electron chi connectivity index (χ3n) is 4.01. The lowest BCUT2D eigenvalue weighted by Crippen LogP contribution is -2.26. The summed E-state index contributed by atoms with van der Waals surface area (Å²) in [5.41, 5.74) is 3.51. The van der Waals surface area contributed by atoms with E-state index < -0.39 is 10.0 Å². The lowest BCUT2D eigenvalue weighted by atomic mass is 10.2. The summed E-state index contributed by atoms with van der Waals surface area (Å²) in [6, 6.07) is 8.56. The largest absolute Gasteiger partial charge is 0.494 e. The number of rotatable bonds is 7. The molecule has 1 N–H and O–H groups in total. The van der Waals surface area contributed by atoms with Gasteiger partial charge in [-0.25, -0.2) is 13.1 Å². The first-order valence-corrected chi connectivity index (χ1v) is 9.17. The Kier molecular flexibility index (Phi) is 5.49. The van der Waals surface area contributed by atoms with E-state index in [0.717, 1.165) is 0 Å². The van der Waals surface area contributed by atoms with Crippen molar-refractivity contribution in [2.45, 2.75) is 32.1 Å². The monoisotopic (exact) mass is 336 g/mol. The number of nitrogens with zero attached hydrogens (tertiary/aromatic N) is 1. The molecule has 23 heavy (non-hydrogen) atoms. The fourth-order valence-corrected chi connectivity index (χ4v) is 3.50. The molecule has 0 aliphatic heterocycles. The van der Waals surface area contributed by atoms with E-state index in [-0.39, 0.29) is 4.90 Å². The van der Waals surface area contributed by atoms with Crippen LogP contribution in [0.1, 0.15) is 23.9 Å². The van der Waals surface area contributed by atoms with Crippen molar-refractivity contribution in [2.24, 2.45) is 7.05 Å². The van der Waals surface area contributed by atoms with Gasteiger partial charge in [-0.15, -0.1) is 0 Å². The number of hydrogen-bond acceptors (Lipinski definition) is 3. The zero-order valence-electron chi connectivity index (χ0n) is 14.1. The van der Waals surface area contributed by atoms with Gasteiger partial charge in [-0.1, -0.05) is 0 Å². The predicted molar refractivity (Wildman–Crippen MR) is 91.4 cm³/mol. The molecule has 5 nitrogen and oxygen atoms in total. The van der Waals surface area contributed by atoms with Crippen molar-refractivity contribution in [3.8, 4) is 5.75 Å². The Morgan fingerprint density at radius 1 is 1.17 bits per heavy atom. The van der Waals surface area contributed by atoms with E-state index in [1.165, 1.54) is 17.0 Å². The first-order valence-electron chi connectivity index (χ1n) is 7.69. The van der Waals surface area contributed by atoms with E-state index in [4.69, 9.17) is 4.74 Å². The molecule has 0 bridgehead atoms. The highest BCUT2D eigenvalue weighted by molar-refractivity contribution is 7.89. The van der Waals surface area contributed by atoms with E-state index in [0.29, 0.717) is 25.3 Å². The maximum Gasteiger partial charge on any atom is 0.240 e. The average molecular weight is 336 g/mol. The molecule has 6 heteroatoms. The Hall–Kier alpha value is -1.79. The third-order valence-corrected chi connectivity index (χ3v) is 5.49. The third kappa shape index (κ3) is 4.14. The highest BCUT2D eigenvalue weighted by atomic mass is 32.2. The number of nitrogens with one attached hydrogen (secondary N) is 1. The lowest BCUT2D eigenvalue weighted by molar-refractivity contribution is 0.340. The van der Waals surface area contributed by atoms with Crippen LogP contribution in [0.2, 0.25) is 0 Å². The van der Waals surface area contributed by atoms with Gasteiger partial charge in [0.25, 0.3) is 0 Å². The molecule has 0 radical (unpaired) electrons. The maximum atomic E-state index is 12.3. The van der Waals surface area contributed by atoms with Gasteiger partial charge in [-0.05, 0) is 63.1 Å². The summed E-state index contributed by atoms with van der Waals surface area (Å²) in [4.78, 5) is 0.252. The number of hydrogen-bond donors (Lipinski definition) is 1.